The van der Waals surface area contributed by atoms with Gasteiger partial charge in [-0.25, -0.2) is 0 Å². The van der Waals surface area contributed by atoms with Crippen LogP contribution in [0, 0.1) is 0 Å². The number of primary amides is 1. The van der Waals surface area contributed by atoms with Crippen molar-refractivity contribution in [2.75, 3.05) is 25.4 Å². The van der Waals surface area contributed by atoms with Crippen molar-refractivity contribution >= 4 is 33.4 Å². The normalized spacial score (nSPS) is 16.6. The van der Waals surface area contributed by atoms with E-state index in [0.717, 1.165) is 30.4 Å². The number of hydrogen-bond donors (Lipinski definition) is 3. The Morgan fingerprint density at radius 2 is 2.00 bits per heavy atom. The highest BCUT2D eigenvalue weighted by molar-refractivity contribution is 9.10. The van der Waals surface area contributed by atoms with Crippen LogP contribution in [0.25, 0.3) is 0 Å². The van der Waals surface area contributed by atoms with Gasteiger partial charge < -0.3 is 16.8 Å². The molecule has 7 heteroatoms. The van der Waals surface area contributed by atoms with Gasteiger partial charge in [0.25, 0.3) is 5.91 Å². The van der Waals surface area contributed by atoms with Crippen molar-refractivity contribution in [1.29, 1.82) is 0 Å². The average Bonchev–Trinajstić information content (AvgIpc) is 2.43. The van der Waals surface area contributed by atoms with Crippen molar-refractivity contribution in [3.63, 3.8) is 0 Å². The minimum absolute atomic E-state index is 0.117. The molecular weight excluding hydrogens is 336 g/mol. The summed E-state index contributed by atoms with van der Waals surface area (Å²) in [4.78, 5) is 25.0. The second kappa shape index (κ2) is 6.91. The van der Waals surface area contributed by atoms with Crippen molar-refractivity contribution < 1.29 is 9.59 Å². The lowest BCUT2D eigenvalue weighted by molar-refractivity contribution is -0.119. The first kappa shape index (κ1) is 15.8. The van der Waals surface area contributed by atoms with Gasteiger partial charge >= 0.3 is 0 Å². The highest BCUT2D eigenvalue weighted by Gasteiger charge is 2.22. The highest BCUT2D eigenvalue weighted by atomic mass is 79.9. The van der Waals surface area contributed by atoms with Crippen LogP contribution in [0.4, 0.5) is 5.69 Å². The van der Waals surface area contributed by atoms with Gasteiger partial charge in [-0.15, -0.1) is 0 Å². The van der Waals surface area contributed by atoms with Gasteiger partial charge in [-0.05, 0) is 47.0 Å². The summed E-state index contributed by atoms with van der Waals surface area (Å²) in [6.07, 6.45) is 1.62. The van der Waals surface area contributed by atoms with Crippen molar-refractivity contribution in [2.45, 2.75) is 18.9 Å². The molecule has 5 N–H and O–H groups in total. The van der Waals surface area contributed by atoms with E-state index in [1.807, 2.05) is 4.90 Å². The molecule has 2 rings (SSSR count). The SMILES string of the molecule is NC(=O)CN1CCC(NC(=O)c2ccc(Br)c(N)c2)CC1. The van der Waals surface area contributed by atoms with Gasteiger partial charge in [0.05, 0.1) is 6.54 Å². The van der Waals surface area contributed by atoms with Crippen LogP contribution in [0.3, 0.4) is 0 Å². The van der Waals surface area contributed by atoms with Crippen LogP contribution in [0.5, 0.6) is 0 Å². The summed E-state index contributed by atoms with van der Waals surface area (Å²) >= 11 is 3.30. The molecule has 0 saturated carbocycles. The Morgan fingerprint density at radius 1 is 1.33 bits per heavy atom. The van der Waals surface area contributed by atoms with Crippen LogP contribution in [-0.4, -0.2) is 42.4 Å². The molecule has 1 aromatic rings. The topological polar surface area (TPSA) is 101 Å². The number of anilines is 1. The van der Waals surface area contributed by atoms with Crippen LogP contribution in [0.1, 0.15) is 23.2 Å². The maximum absolute atomic E-state index is 12.2. The number of nitrogens with two attached hydrogens (primary N) is 2. The van der Waals surface area contributed by atoms with Gasteiger partial charge in [0.1, 0.15) is 0 Å². The first-order valence-electron chi connectivity index (χ1n) is 6.82. The molecular formula is C14H19BrN4O2. The number of hydrogen-bond acceptors (Lipinski definition) is 4. The molecule has 1 aliphatic heterocycles. The number of carbonyl (C=O) groups is 2. The van der Waals surface area contributed by atoms with E-state index in [-0.39, 0.29) is 24.4 Å². The Morgan fingerprint density at radius 3 is 2.57 bits per heavy atom. The lowest BCUT2D eigenvalue weighted by Gasteiger charge is -2.31. The standard InChI is InChI=1S/C14H19BrN4O2/c15-11-2-1-9(7-12(11)16)14(21)18-10-3-5-19(6-4-10)8-13(17)20/h1-2,7,10H,3-6,8,16H2,(H2,17,20)(H,18,21). The van der Waals surface area contributed by atoms with Gasteiger partial charge in [-0.1, -0.05) is 0 Å². The molecule has 0 unspecified atom stereocenters. The predicted octanol–water partition coefficient (Wildman–Crippen LogP) is 0.711. The Bertz CT molecular complexity index is 542. The molecule has 6 nitrogen and oxygen atoms in total. The summed E-state index contributed by atoms with van der Waals surface area (Å²) < 4.78 is 0.777. The minimum atomic E-state index is -0.317. The first-order chi connectivity index (χ1) is 9.95. The Kier molecular flexibility index (Phi) is 5.19. The van der Waals surface area contributed by atoms with Gasteiger partial charge in [0.2, 0.25) is 5.91 Å². The van der Waals surface area contributed by atoms with E-state index in [1.54, 1.807) is 18.2 Å². The number of nitrogens with one attached hydrogen (secondary N) is 1. The van der Waals surface area contributed by atoms with E-state index in [1.165, 1.54) is 0 Å². The molecule has 1 aromatic carbocycles. The number of halogens is 1. The van der Waals surface area contributed by atoms with Crippen LogP contribution in [-0.2, 0) is 4.79 Å². The molecule has 1 aliphatic rings. The molecule has 1 fully saturated rings. The number of amides is 2. The maximum Gasteiger partial charge on any atom is 0.251 e. The zero-order valence-corrected chi connectivity index (χ0v) is 13.2. The zero-order chi connectivity index (χ0) is 15.4. The molecule has 1 saturated heterocycles. The Balaban J connectivity index is 1.86. The quantitative estimate of drug-likeness (QED) is 0.693. The van der Waals surface area contributed by atoms with Crippen LogP contribution < -0.4 is 16.8 Å². The van der Waals surface area contributed by atoms with Crippen molar-refractivity contribution in [2.24, 2.45) is 5.73 Å². The summed E-state index contributed by atoms with van der Waals surface area (Å²) in [5.41, 5.74) is 12.0. The molecule has 0 aromatic heterocycles. The third kappa shape index (κ3) is 4.44. The lowest BCUT2D eigenvalue weighted by Crippen LogP contribution is -2.46. The fourth-order valence-electron chi connectivity index (χ4n) is 2.41. The summed E-state index contributed by atoms with van der Waals surface area (Å²) in [6.45, 7) is 1.80. The van der Waals surface area contributed by atoms with Gasteiger partial charge in [-0.3, -0.25) is 14.5 Å². The monoisotopic (exact) mass is 354 g/mol. The molecule has 2 amide bonds. The number of likely N-dealkylation sites (tertiary alicyclic amines) is 1. The van der Waals surface area contributed by atoms with E-state index >= 15 is 0 Å². The second-order valence-electron chi connectivity index (χ2n) is 5.23. The van der Waals surface area contributed by atoms with E-state index in [0.29, 0.717) is 11.3 Å². The maximum atomic E-state index is 12.2. The minimum Gasteiger partial charge on any atom is -0.398 e. The molecule has 0 radical (unpaired) electrons. The van der Waals surface area contributed by atoms with Gasteiger partial charge in [0.15, 0.2) is 0 Å². The largest absolute Gasteiger partial charge is 0.398 e. The second-order valence-corrected chi connectivity index (χ2v) is 6.08. The molecule has 0 atom stereocenters. The lowest BCUT2D eigenvalue weighted by atomic mass is 10.0. The van der Waals surface area contributed by atoms with Crippen LogP contribution >= 0.6 is 15.9 Å². The smallest absolute Gasteiger partial charge is 0.251 e. The molecule has 21 heavy (non-hydrogen) atoms. The Hall–Kier alpha value is -1.60. The summed E-state index contributed by atoms with van der Waals surface area (Å²) in [6, 6.07) is 5.27. The number of nitrogens with zero attached hydrogens (tertiary/aromatic N) is 1. The molecule has 0 bridgehead atoms. The van der Waals surface area contributed by atoms with E-state index in [2.05, 4.69) is 21.2 Å². The molecule has 0 spiro atoms. The molecule has 0 aliphatic carbocycles. The third-order valence-electron chi connectivity index (χ3n) is 3.56. The fraction of sp³-hybridized carbons (Fsp3) is 0.429. The van der Waals surface area contributed by atoms with E-state index in [9.17, 15) is 9.59 Å². The van der Waals surface area contributed by atoms with Crippen LogP contribution in [0.2, 0.25) is 0 Å². The molecule has 114 valence electrons. The summed E-state index contributed by atoms with van der Waals surface area (Å²) in [5, 5.41) is 3.00. The average molecular weight is 355 g/mol. The Labute approximate surface area is 132 Å². The van der Waals surface area contributed by atoms with Crippen molar-refractivity contribution in [3.05, 3.63) is 28.2 Å². The van der Waals surface area contributed by atoms with E-state index in [4.69, 9.17) is 11.5 Å². The van der Waals surface area contributed by atoms with Gasteiger partial charge in [-0.2, -0.15) is 0 Å². The van der Waals surface area contributed by atoms with Crippen LogP contribution in [0.15, 0.2) is 22.7 Å². The number of carbonyl (C=O) groups excluding carboxylic acids is 2. The fourth-order valence-corrected chi connectivity index (χ4v) is 2.66. The number of benzene rings is 1. The zero-order valence-electron chi connectivity index (χ0n) is 11.6. The highest BCUT2D eigenvalue weighted by Crippen LogP contribution is 2.20. The number of nitrogen functional groups attached to an aromatic ring is 1. The molecule has 1 heterocycles. The van der Waals surface area contributed by atoms with Crippen molar-refractivity contribution in [3.8, 4) is 0 Å². The van der Waals surface area contributed by atoms with E-state index < -0.39 is 0 Å². The summed E-state index contributed by atoms with van der Waals surface area (Å²) in [7, 11) is 0. The third-order valence-corrected chi connectivity index (χ3v) is 4.28. The number of piperidine rings is 1. The summed E-state index contributed by atoms with van der Waals surface area (Å²) in [5.74, 6) is -0.439. The van der Waals surface area contributed by atoms with Gasteiger partial charge in [0, 0.05) is 34.9 Å². The van der Waals surface area contributed by atoms with Crippen molar-refractivity contribution in [1.82, 2.24) is 10.2 Å². The predicted molar refractivity (Wildman–Crippen MR) is 84.7 cm³/mol. The first-order valence-corrected chi connectivity index (χ1v) is 7.61. The number of rotatable bonds is 4.